The first-order chi connectivity index (χ1) is 7.58. The van der Waals surface area contributed by atoms with E-state index in [2.05, 4.69) is 9.97 Å². The summed E-state index contributed by atoms with van der Waals surface area (Å²) < 4.78 is 1.73. The van der Waals surface area contributed by atoms with Gasteiger partial charge in [-0.2, -0.15) is 0 Å². The molecule has 1 unspecified atom stereocenters. The van der Waals surface area contributed by atoms with Gasteiger partial charge in [-0.3, -0.25) is 9.20 Å². The van der Waals surface area contributed by atoms with Crippen LogP contribution in [0.1, 0.15) is 23.7 Å². The second-order valence-electron chi connectivity index (χ2n) is 3.69. The summed E-state index contributed by atoms with van der Waals surface area (Å²) in [5, 5.41) is 8.68. The highest BCUT2D eigenvalue weighted by Crippen LogP contribution is 2.15. The number of carbonyl (C=O) groups is 1. The molecule has 0 aliphatic rings. The van der Waals surface area contributed by atoms with Crippen molar-refractivity contribution in [3.8, 4) is 0 Å². The zero-order valence-corrected chi connectivity index (χ0v) is 8.79. The molecular weight excluding hydrogens is 208 g/mol. The van der Waals surface area contributed by atoms with E-state index in [0.29, 0.717) is 11.5 Å². The van der Waals surface area contributed by atoms with Crippen LogP contribution in [0.15, 0.2) is 18.6 Å². The van der Waals surface area contributed by atoms with Gasteiger partial charge in [-0.25, -0.2) is 9.97 Å². The zero-order chi connectivity index (χ0) is 11.7. The summed E-state index contributed by atoms with van der Waals surface area (Å²) in [6.07, 6.45) is 4.98. The van der Waals surface area contributed by atoms with Gasteiger partial charge >= 0.3 is 5.97 Å². The molecule has 0 aliphatic heterocycles. The Hall–Kier alpha value is -1.95. The Balaban J connectivity index is 2.44. The molecule has 2 aromatic heterocycles. The van der Waals surface area contributed by atoms with Gasteiger partial charge in [-0.15, -0.1) is 0 Å². The van der Waals surface area contributed by atoms with E-state index in [4.69, 9.17) is 10.8 Å². The van der Waals surface area contributed by atoms with E-state index in [-0.39, 0.29) is 6.42 Å². The summed E-state index contributed by atoms with van der Waals surface area (Å²) in [5.41, 5.74) is 7.41. The Bertz CT molecular complexity index is 535. The van der Waals surface area contributed by atoms with Crippen LogP contribution in [-0.2, 0) is 4.79 Å². The SMILES string of the molecule is Cc1cnc2ncc(C(N)CC(=O)O)n2c1. The van der Waals surface area contributed by atoms with Gasteiger partial charge in [0.2, 0.25) is 5.78 Å². The molecule has 2 rings (SSSR count). The monoisotopic (exact) mass is 220 g/mol. The number of fused-ring (bicyclic) bond motifs is 1. The Morgan fingerprint density at radius 1 is 1.56 bits per heavy atom. The number of nitrogens with two attached hydrogens (primary N) is 1. The van der Waals surface area contributed by atoms with Crippen LogP contribution in [0.5, 0.6) is 0 Å². The third kappa shape index (κ3) is 1.87. The Kier molecular flexibility index (Phi) is 2.57. The fraction of sp³-hybridized carbons (Fsp3) is 0.300. The number of carboxylic acids is 1. The second-order valence-corrected chi connectivity index (χ2v) is 3.69. The minimum absolute atomic E-state index is 0.123. The number of imidazole rings is 1. The van der Waals surface area contributed by atoms with Crippen molar-refractivity contribution in [2.24, 2.45) is 5.73 Å². The number of hydrogen-bond donors (Lipinski definition) is 2. The average Bonchev–Trinajstić information content (AvgIpc) is 2.59. The first-order valence-electron chi connectivity index (χ1n) is 4.85. The number of rotatable bonds is 3. The number of aromatic nitrogens is 3. The smallest absolute Gasteiger partial charge is 0.305 e. The number of aryl methyl sites for hydroxylation is 1. The molecule has 84 valence electrons. The topological polar surface area (TPSA) is 93.5 Å². The minimum atomic E-state index is -0.928. The summed E-state index contributed by atoms with van der Waals surface area (Å²) in [6, 6.07) is -0.573. The van der Waals surface area contributed by atoms with Gasteiger partial charge in [0.05, 0.1) is 24.4 Å². The van der Waals surface area contributed by atoms with Gasteiger partial charge in [-0.1, -0.05) is 0 Å². The van der Waals surface area contributed by atoms with Crippen molar-refractivity contribution in [1.82, 2.24) is 14.4 Å². The fourth-order valence-corrected chi connectivity index (χ4v) is 1.56. The summed E-state index contributed by atoms with van der Waals surface area (Å²) in [4.78, 5) is 18.8. The van der Waals surface area contributed by atoms with Crippen LogP contribution in [0.3, 0.4) is 0 Å². The lowest BCUT2D eigenvalue weighted by molar-refractivity contribution is -0.137. The molecule has 3 N–H and O–H groups in total. The number of nitrogens with zero attached hydrogens (tertiary/aromatic N) is 3. The molecule has 0 bridgehead atoms. The van der Waals surface area contributed by atoms with E-state index in [1.807, 2.05) is 13.1 Å². The number of aliphatic carboxylic acids is 1. The van der Waals surface area contributed by atoms with Crippen LogP contribution in [0.4, 0.5) is 0 Å². The highest BCUT2D eigenvalue weighted by Gasteiger charge is 2.15. The fourth-order valence-electron chi connectivity index (χ4n) is 1.56. The molecule has 16 heavy (non-hydrogen) atoms. The van der Waals surface area contributed by atoms with Crippen molar-refractivity contribution in [3.05, 3.63) is 29.8 Å². The quantitative estimate of drug-likeness (QED) is 0.786. The minimum Gasteiger partial charge on any atom is -0.481 e. The van der Waals surface area contributed by atoms with Crippen molar-refractivity contribution in [3.63, 3.8) is 0 Å². The maximum atomic E-state index is 10.6. The van der Waals surface area contributed by atoms with Gasteiger partial charge in [0.15, 0.2) is 0 Å². The zero-order valence-electron chi connectivity index (χ0n) is 8.79. The van der Waals surface area contributed by atoms with Crippen LogP contribution in [0.2, 0.25) is 0 Å². The highest BCUT2D eigenvalue weighted by molar-refractivity contribution is 5.67. The Morgan fingerprint density at radius 3 is 2.94 bits per heavy atom. The Morgan fingerprint density at radius 2 is 2.25 bits per heavy atom. The third-order valence-electron chi connectivity index (χ3n) is 2.30. The lowest BCUT2D eigenvalue weighted by Crippen LogP contribution is -2.16. The highest BCUT2D eigenvalue weighted by atomic mass is 16.4. The first kappa shape index (κ1) is 10.6. The molecule has 0 fully saturated rings. The van der Waals surface area contributed by atoms with Crippen molar-refractivity contribution >= 4 is 11.7 Å². The van der Waals surface area contributed by atoms with Crippen LogP contribution in [0.25, 0.3) is 5.78 Å². The van der Waals surface area contributed by atoms with Gasteiger partial charge < -0.3 is 10.8 Å². The molecule has 6 heteroatoms. The summed E-state index contributed by atoms with van der Waals surface area (Å²) in [6.45, 7) is 1.90. The van der Waals surface area contributed by atoms with Gasteiger partial charge in [0, 0.05) is 12.4 Å². The van der Waals surface area contributed by atoms with Crippen molar-refractivity contribution in [2.75, 3.05) is 0 Å². The molecule has 2 heterocycles. The molecule has 6 nitrogen and oxygen atoms in total. The maximum absolute atomic E-state index is 10.6. The molecule has 0 aromatic carbocycles. The summed E-state index contributed by atoms with van der Waals surface area (Å²) >= 11 is 0. The lowest BCUT2D eigenvalue weighted by Gasteiger charge is -2.08. The van der Waals surface area contributed by atoms with Gasteiger partial charge in [-0.05, 0) is 12.5 Å². The molecule has 2 aromatic rings. The normalized spacial score (nSPS) is 12.9. The van der Waals surface area contributed by atoms with Crippen molar-refractivity contribution in [2.45, 2.75) is 19.4 Å². The van der Waals surface area contributed by atoms with E-state index in [0.717, 1.165) is 5.56 Å². The molecular formula is C10H12N4O2. The van der Waals surface area contributed by atoms with E-state index >= 15 is 0 Å². The molecule has 1 atom stereocenters. The van der Waals surface area contributed by atoms with Crippen LogP contribution >= 0.6 is 0 Å². The standard InChI is InChI=1S/C10H12N4O2/c1-6-3-12-10-13-4-8(14(10)5-6)7(11)2-9(15)16/h3-5,7H,2,11H2,1H3,(H,15,16). The number of hydrogen-bond acceptors (Lipinski definition) is 4. The van der Waals surface area contributed by atoms with Crippen LogP contribution in [-0.4, -0.2) is 25.4 Å². The van der Waals surface area contributed by atoms with Crippen LogP contribution < -0.4 is 5.73 Å². The van der Waals surface area contributed by atoms with E-state index < -0.39 is 12.0 Å². The maximum Gasteiger partial charge on any atom is 0.305 e. The summed E-state index contributed by atoms with van der Waals surface area (Å²) in [5.74, 6) is -0.399. The largest absolute Gasteiger partial charge is 0.481 e. The predicted molar refractivity (Wildman–Crippen MR) is 56.9 cm³/mol. The molecule has 0 radical (unpaired) electrons. The molecule has 0 saturated carbocycles. The second kappa shape index (κ2) is 3.90. The van der Waals surface area contributed by atoms with E-state index in [1.165, 1.54) is 0 Å². The van der Waals surface area contributed by atoms with Crippen molar-refractivity contribution < 1.29 is 9.90 Å². The van der Waals surface area contributed by atoms with Crippen LogP contribution in [0, 0.1) is 6.92 Å². The molecule has 0 saturated heterocycles. The first-order valence-corrected chi connectivity index (χ1v) is 4.85. The van der Waals surface area contributed by atoms with Crippen molar-refractivity contribution in [1.29, 1.82) is 0 Å². The average molecular weight is 220 g/mol. The van der Waals surface area contributed by atoms with E-state index in [1.54, 1.807) is 16.8 Å². The lowest BCUT2D eigenvalue weighted by atomic mass is 10.1. The van der Waals surface area contributed by atoms with E-state index in [9.17, 15) is 4.79 Å². The predicted octanol–water partition coefficient (Wildman–Crippen LogP) is 0.512. The summed E-state index contributed by atoms with van der Waals surface area (Å²) in [7, 11) is 0. The molecule has 0 spiro atoms. The van der Waals surface area contributed by atoms with Gasteiger partial charge in [0.1, 0.15) is 0 Å². The molecule has 0 amide bonds. The number of carboxylic acid groups (broad SMARTS) is 1. The Labute approximate surface area is 91.7 Å². The third-order valence-corrected chi connectivity index (χ3v) is 2.30. The van der Waals surface area contributed by atoms with Gasteiger partial charge in [0.25, 0.3) is 0 Å². The molecule has 0 aliphatic carbocycles.